The maximum atomic E-state index is 12.1. The van der Waals surface area contributed by atoms with E-state index in [1.54, 1.807) is 24.3 Å². The Morgan fingerprint density at radius 2 is 1.00 bits per heavy atom. The van der Waals surface area contributed by atoms with Crippen LogP contribution < -0.4 is 0 Å². The zero-order valence-corrected chi connectivity index (χ0v) is 17.9. The quantitative estimate of drug-likeness (QED) is 0.537. The van der Waals surface area contributed by atoms with Gasteiger partial charge in [-0.3, -0.25) is 8.37 Å². The van der Waals surface area contributed by atoms with Crippen LogP contribution in [0, 0.1) is 19.8 Å². The highest BCUT2D eigenvalue weighted by Crippen LogP contribution is 2.17. The molecule has 0 atom stereocenters. The van der Waals surface area contributed by atoms with Crippen LogP contribution in [0.4, 0.5) is 0 Å². The summed E-state index contributed by atoms with van der Waals surface area (Å²) in [4.78, 5) is 0.247. The minimum Gasteiger partial charge on any atom is -0.266 e. The third-order valence-electron chi connectivity index (χ3n) is 4.32. The van der Waals surface area contributed by atoms with Crippen LogP contribution in [0.25, 0.3) is 0 Å². The molecule has 2 aromatic rings. The Kier molecular flexibility index (Phi) is 7.77. The summed E-state index contributed by atoms with van der Waals surface area (Å²) in [6.45, 7) is 5.70. The summed E-state index contributed by atoms with van der Waals surface area (Å²) in [5.74, 6) is 0.0430. The molecule has 0 radical (unpaired) electrons. The molecule has 0 bridgehead atoms. The summed E-state index contributed by atoms with van der Waals surface area (Å²) in [5.41, 5.74) is 1.93. The van der Waals surface area contributed by atoms with Gasteiger partial charge in [0.15, 0.2) is 0 Å². The smallest absolute Gasteiger partial charge is 0.266 e. The summed E-state index contributed by atoms with van der Waals surface area (Å²) >= 11 is 0. The third-order valence-corrected chi connectivity index (χ3v) is 6.97. The number of benzene rings is 2. The molecule has 0 heterocycles. The standard InChI is InChI=1S/C20H26O6S2/c1-16-4-8-19(9-5-16)27(21,22)25-14-12-18(3)13-15-26-28(23,24)20-10-6-17(2)7-11-20/h4-11,18H,12-15H2,1-3H3. The molecule has 0 unspecified atom stereocenters. The molecule has 0 saturated heterocycles. The van der Waals surface area contributed by atoms with E-state index in [1.807, 2.05) is 20.8 Å². The fraction of sp³-hybridized carbons (Fsp3) is 0.400. The van der Waals surface area contributed by atoms with Gasteiger partial charge < -0.3 is 0 Å². The molecule has 28 heavy (non-hydrogen) atoms. The van der Waals surface area contributed by atoms with Gasteiger partial charge in [-0.15, -0.1) is 0 Å². The molecule has 8 heteroatoms. The molecule has 0 aliphatic carbocycles. The second-order valence-electron chi connectivity index (χ2n) is 6.86. The van der Waals surface area contributed by atoms with Crippen molar-refractivity contribution < 1.29 is 25.2 Å². The van der Waals surface area contributed by atoms with Crippen LogP contribution in [-0.2, 0) is 28.6 Å². The van der Waals surface area contributed by atoms with E-state index in [0.29, 0.717) is 12.8 Å². The fourth-order valence-corrected chi connectivity index (χ4v) is 4.25. The van der Waals surface area contributed by atoms with Gasteiger partial charge >= 0.3 is 0 Å². The van der Waals surface area contributed by atoms with Gasteiger partial charge in [0.1, 0.15) is 0 Å². The van der Waals surface area contributed by atoms with Crippen molar-refractivity contribution in [3.63, 3.8) is 0 Å². The molecular weight excluding hydrogens is 400 g/mol. The third kappa shape index (κ3) is 6.70. The van der Waals surface area contributed by atoms with Gasteiger partial charge in [0.2, 0.25) is 0 Å². The molecule has 0 saturated carbocycles. The normalized spacial score (nSPS) is 12.4. The van der Waals surface area contributed by atoms with Crippen LogP contribution in [0.3, 0.4) is 0 Å². The first-order valence-electron chi connectivity index (χ1n) is 9.02. The molecule has 0 aromatic heterocycles. The van der Waals surface area contributed by atoms with E-state index in [-0.39, 0.29) is 28.9 Å². The Balaban J connectivity index is 1.76. The van der Waals surface area contributed by atoms with E-state index < -0.39 is 20.2 Å². The molecule has 0 spiro atoms. The van der Waals surface area contributed by atoms with Gasteiger partial charge in [-0.05, 0) is 56.9 Å². The second-order valence-corrected chi connectivity index (χ2v) is 10.1. The molecule has 6 nitrogen and oxygen atoms in total. The van der Waals surface area contributed by atoms with E-state index in [1.165, 1.54) is 24.3 Å². The molecule has 2 rings (SSSR count). The lowest BCUT2D eigenvalue weighted by Gasteiger charge is -2.12. The van der Waals surface area contributed by atoms with Crippen molar-refractivity contribution >= 4 is 20.2 Å². The van der Waals surface area contributed by atoms with Gasteiger partial charge in [0, 0.05) is 0 Å². The molecular formula is C20H26O6S2. The highest BCUT2D eigenvalue weighted by Gasteiger charge is 2.17. The predicted molar refractivity (Wildman–Crippen MR) is 107 cm³/mol. The molecule has 0 aliphatic rings. The second kappa shape index (κ2) is 9.65. The van der Waals surface area contributed by atoms with Gasteiger partial charge in [-0.25, -0.2) is 0 Å². The van der Waals surface area contributed by atoms with E-state index in [2.05, 4.69) is 0 Å². The average Bonchev–Trinajstić information content (AvgIpc) is 2.62. The Bertz CT molecular complexity index is 881. The Labute approximate surface area is 167 Å². The highest BCUT2D eigenvalue weighted by atomic mass is 32.2. The van der Waals surface area contributed by atoms with Crippen LogP contribution in [0.2, 0.25) is 0 Å². The minimum absolute atomic E-state index is 0.0298. The monoisotopic (exact) mass is 426 g/mol. The van der Waals surface area contributed by atoms with Crippen LogP contribution >= 0.6 is 0 Å². The first-order valence-corrected chi connectivity index (χ1v) is 11.8. The Hall–Kier alpha value is -1.74. The summed E-state index contributed by atoms with van der Waals surface area (Å²) in [6, 6.07) is 12.9. The predicted octanol–water partition coefficient (Wildman–Crippen LogP) is 3.83. The SMILES string of the molecule is Cc1ccc(S(=O)(=O)OCCC(C)CCOS(=O)(=O)c2ccc(C)cc2)cc1. The molecule has 154 valence electrons. The largest absolute Gasteiger partial charge is 0.296 e. The lowest BCUT2D eigenvalue weighted by Crippen LogP contribution is -2.13. The number of hydrogen-bond acceptors (Lipinski definition) is 6. The fourth-order valence-electron chi connectivity index (χ4n) is 2.41. The van der Waals surface area contributed by atoms with Gasteiger partial charge in [0.05, 0.1) is 23.0 Å². The van der Waals surface area contributed by atoms with E-state index >= 15 is 0 Å². The molecule has 0 aliphatic heterocycles. The van der Waals surface area contributed by atoms with Crippen molar-refractivity contribution in [2.45, 2.75) is 43.4 Å². The van der Waals surface area contributed by atoms with Crippen LogP contribution in [-0.4, -0.2) is 30.0 Å². The zero-order valence-electron chi connectivity index (χ0n) is 16.3. The number of hydrogen-bond donors (Lipinski definition) is 0. The van der Waals surface area contributed by atoms with Crippen molar-refractivity contribution in [3.05, 3.63) is 59.7 Å². The van der Waals surface area contributed by atoms with E-state index in [9.17, 15) is 16.8 Å². The maximum Gasteiger partial charge on any atom is 0.296 e. The minimum atomic E-state index is -3.78. The van der Waals surface area contributed by atoms with Crippen LogP contribution in [0.15, 0.2) is 58.3 Å². The number of aryl methyl sites for hydroxylation is 2. The Morgan fingerprint density at radius 1 is 0.679 bits per heavy atom. The molecule has 2 aromatic carbocycles. The Morgan fingerprint density at radius 3 is 1.32 bits per heavy atom. The highest BCUT2D eigenvalue weighted by molar-refractivity contribution is 7.87. The number of rotatable bonds is 10. The first-order chi connectivity index (χ1) is 13.1. The van der Waals surface area contributed by atoms with Crippen molar-refractivity contribution in [1.82, 2.24) is 0 Å². The van der Waals surface area contributed by atoms with Crippen LogP contribution in [0.5, 0.6) is 0 Å². The summed E-state index contributed by atoms with van der Waals surface area (Å²) in [5, 5.41) is 0. The summed E-state index contributed by atoms with van der Waals surface area (Å²) < 4.78 is 58.6. The van der Waals surface area contributed by atoms with Crippen molar-refractivity contribution in [2.24, 2.45) is 5.92 Å². The zero-order chi connectivity index (χ0) is 20.8. The van der Waals surface area contributed by atoms with Crippen molar-refractivity contribution in [2.75, 3.05) is 13.2 Å². The van der Waals surface area contributed by atoms with Gasteiger partial charge in [-0.1, -0.05) is 42.3 Å². The van der Waals surface area contributed by atoms with Gasteiger partial charge in [0.25, 0.3) is 20.2 Å². The van der Waals surface area contributed by atoms with Crippen LogP contribution in [0.1, 0.15) is 30.9 Å². The van der Waals surface area contributed by atoms with Gasteiger partial charge in [-0.2, -0.15) is 16.8 Å². The van der Waals surface area contributed by atoms with Crippen molar-refractivity contribution in [1.29, 1.82) is 0 Å². The topological polar surface area (TPSA) is 86.7 Å². The lowest BCUT2D eigenvalue weighted by molar-refractivity contribution is 0.250. The summed E-state index contributed by atoms with van der Waals surface area (Å²) in [6.07, 6.45) is 0.943. The average molecular weight is 427 g/mol. The van der Waals surface area contributed by atoms with E-state index in [4.69, 9.17) is 8.37 Å². The lowest BCUT2D eigenvalue weighted by atomic mass is 10.1. The van der Waals surface area contributed by atoms with Crippen molar-refractivity contribution in [3.8, 4) is 0 Å². The molecule has 0 fully saturated rings. The van der Waals surface area contributed by atoms with E-state index in [0.717, 1.165) is 11.1 Å². The maximum absolute atomic E-state index is 12.1. The summed E-state index contributed by atoms with van der Waals surface area (Å²) in [7, 11) is -7.57. The molecule has 0 N–H and O–H groups in total. The molecule has 0 amide bonds. The first kappa shape index (κ1) is 22.5.